The first-order valence-electron chi connectivity index (χ1n) is 4.87. The van der Waals surface area contributed by atoms with Gasteiger partial charge in [-0.25, -0.2) is 9.97 Å². The van der Waals surface area contributed by atoms with Crippen LogP contribution < -0.4 is 5.32 Å². The molecule has 0 aliphatic heterocycles. The van der Waals surface area contributed by atoms with Crippen molar-refractivity contribution in [3.8, 4) is 0 Å². The van der Waals surface area contributed by atoms with Crippen molar-refractivity contribution < 1.29 is 0 Å². The van der Waals surface area contributed by atoms with Crippen LogP contribution in [0.4, 0.5) is 5.82 Å². The zero-order chi connectivity index (χ0) is 11.4. The lowest BCUT2D eigenvalue weighted by atomic mass is 10.1. The molecule has 2 aromatic rings. The van der Waals surface area contributed by atoms with E-state index in [1.807, 2.05) is 19.2 Å². The number of pyridine rings is 1. The standard InChI is InChI=1S/C11H11ClN4/c1-8-6-13-3-2-9(8)7-16-11-10(12)14-4-5-15-11/h2-6H,7H2,1H3,(H,15,16). The normalized spacial score (nSPS) is 10.1. The van der Waals surface area contributed by atoms with E-state index in [0.29, 0.717) is 17.5 Å². The molecule has 0 aliphatic rings. The van der Waals surface area contributed by atoms with Crippen LogP contribution in [0.15, 0.2) is 30.9 Å². The molecule has 16 heavy (non-hydrogen) atoms. The molecule has 0 unspecified atom stereocenters. The largest absolute Gasteiger partial charge is 0.363 e. The number of halogens is 1. The van der Waals surface area contributed by atoms with Gasteiger partial charge in [0.1, 0.15) is 0 Å². The third-order valence-corrected chi connectivity index (χ3v) is 2.51. The Morgan fingerprint density at radius 1 is 1.25 bits per heavy atom. The lowest BCUT2D eigenvalue weighted by molar-refractivity contribution is 1.06. The Kier molecular flexibility index (Phi) is 3.31. The monoisotopic (exact) mass is 234 g/mol. The van der Waals surface area contributed by atoms with Crippen LogP contribution >= 0.6 is 11.6 Å². The predicted octanol–water partition coefficient (Wildman–Crippen LogP) is 2.45. The lowest BCUT2D eigenvalue weighted by Crippen LogP contribution is -2.04. The molecule has 0 aliphatic carbocycles. The molecule has 2 rings (SSSR count). The second-order valence-corrected chi connectivity index (χ2v) is 3.71. The Balaban J connectivity index is 2.09. The van der Waals surface area contributed by atoms with E-state index in [-0.39, 0.29) is 0 Å². The highest BCUT2D eigenvalue weighted by Crippen LogP contribution is 2.15. The number of aromatic nitrogens is 3. The van der Waals surface area contributed by atoms with Gasteiger partial charge in [0.15, 0.2) is 11.0 Å². The van der Waals surface area contributed by atoms with E-state index in [1.54, 1.807) is 18.6 Å². The van der Waals surface area contributed by atoms with Crippen LogP contribution in [-0.4, -0.2) is 15.0 Å². The Hall–Kier alpha value is -1.68. The average Bonchev–Trinajstić information content (AvgIpc) is 2.30. The van der Waals surface area contributed by atoms with Crippen molar-refractivity contribution >= 4 is 17.4 Å². The number of aryl methyl sites for hydroxylation is 1. The molecule has 0 saturated carbocycles. The Morgan fingerprint density at radius 2 is 2.06 bits per heavy atom. The van der Waals surface area contributed by atoms with Gasteiger partial charge in [-0.15, -0.1) is 0 Å². The van der Waals surface area contributed by atoms with Gasteiger partial charge in [-0.1, -0.05) is 11.6 Å². The van der Waals surface area contributed by atoms with Gasteiger partial charge in [0.05, 0.1) is 0 Å². The molecule has 82 valence electrons. The molecule has 2 aromatic heterocycles. The predicted molar refractivity (Wildman–Crippen MR) is 63.3 cm³/mol. The topological polar surface area (TPSA) is 50.7 Å². The molecule has 0 amide bonds. The maximum absolute atomic E-state index is 5.88. The zero-order valence-corrected chi connectivity index (χ0v) is 9.57. The number of anilines is 1. The van der Waals surface area contributed by atoms with E-state index in [0.717, 1.165) is 11.1 Å². The molecule has 0 saturated heterocycles. The maximum atomic E-state index is 5.88. The summed E-state index contributed by atoms with van der Waals surface area (Å²) in [5.41, 5.74) is 2.30. The average molecular weight is 235 g/mol. The summed E-state index contributed by atoms with van der Waals surface area (Å²) >= 11 is 5.88. The van der Waals surface area contributed by atoms with Crippen molar-refractivity contribution in [2.24, 2.45) is 0 Å². The Labute approximate surface area is 98.7 Å². The van der Waals surface area contributed by atoms with Crippen molar-refractivity contribution in [3.63, 3.8) is 0 Å². The van der Waals surface area contributed by atoms with Crippen LogP contribution in [0.3, 0.4) is 0 Å². The first-order chi connectivity index (χ1) is 7.77. The fourth-order valence-electron chi connectivity index (χ4n) is 1.32. The van der Waals surface area contributed by atoms with Crippen LogP contribution in [0.1, 0.15) is 11.1 Å². The summed E-state index contributed by atoms with van der Waals surface area (Å²) in [5.74, 6) is 0.598. The Bertz CT molecular complexity index is 441. The van der Waals surface area contributed by atoms with E-state index in [1.165, 1.54) is 0 Å². The maximum Gasteiger partial charge on any atom is 0.171 e. The van der Waals surface area contributed by atoms with E-state index >= 15 is 0 Å². The van der Waals surface area contributed by atoms with Crippen LogP contribution in [0.2, 0.25) is 5.15 Å². The zero-order valence-electron chi connectivity index (χ0n) is 8.81. The molecule has 4 nitrogen and oxygen atoms in total. The minimum atomic E-state index is 0.384. The molecular weight excluding hydrogens is 224 g/mol. The first-order valence-corrected chi connectivity index (χ1v) is 5.25. The van der Waals surface area contributed by atoms with Gasteiger partial charge in [-0.05, 0) is 24.1 Å². The minimum absolute atomic E-state index is 0.384. The van der Waals surface area contributed by atoms with Crippen molar-refractivity contribution in [3.05, 3.63) is 47.1 Å². The second kappa shape index (κ2) is 4.90. The lowest BCUT2D eigenvalue weighted by Gasteiger charge is -2.08. The van der Waals surface area contributed by atoms with Crippen LogP contribution in [0.5, 0.6) is 0 Å². The highest BCUT2D eigenvalue weighted by atomic mass is 35.5. The highest BCUT2D eigenvalue weighted by Gasteiger charge is 2.02. The summed E-state index contributed by atoms with van der Waals surface area (Å²) < 4.78 is 0. The van der Waals surface area contributed by atoms with Crippen LogP contribution in [0, 0.1) is 6.92 Å². The summed E-state index contributed by atoms with van der Waals surface area (Å²) in [7, 11) is 0. The van der Waals surface area contributed by atoms with Gasteiger partial charge in [-0.2, -0.15) is 0 Å². The van der Waals surface area contributed by atoms with Crippen LogP contribution in [0.25, 0.3) is 0 Å². The van der Waals surface area contributed by atoms with Crippen molar-refractivity contribution in [2.45, 2.75) is 13.5 Å². The van der Waals surface area contributed by atoms with E-state index in [9.17, 15) is 0 Å². The van der Waals surface area contributed by atoms with Crippen molar-refractivity contribution in [2.75, 3.05) is 5.32 Å². The first kappa shape index (κ1) is 10.8. The third-order valence-electron chi connectivity index (χ3n) is 2.24. The molecule has 0 aromatic carbocycles. The fraction of sp³-hybridized carbons (Fsp3) is 0.182. The van der Waals surface area contributed by atoms with Crippen molar-refractivity contribution in [1.29, 1.82) is 0 Å². The van der Waals surface area contributed by atoms with Crippen LogP contribution in [-0.2, 0) is 6.54 Å². The summed E-state index contributed by atoms with van der Waals surface area (Å²) in [4.78, 5) is 12.1. The number of rotatable bonds is 3. The van der Waals surface area contributed by atoms with Gasteiger partial charge in [0.25, 0.3) is 0 Å². The smallest absolute Gasteiger partial charge is 0.171 e. The molecule has 0 fully saturated rings. The van der Waals surface area contributed by atoms with E-state index in [2.05, 4.69) is 20.3 Å². The minimum Gasteiger partial charge on any atom is -0.363 e. The fourth-order valence-corrected chi connectivity index (χ4v) is 1.49. The van der Waals surface area contributed by atoms with Gasteiger partial charge in [0, 0.05) is 31.3 Å². The molecule has 0 radical (unpaired) electrons. The highest BCUT2D eigenvalue weighted by molar-refractivity contribution is 6.31. The molecule has 1 N–H and O–H groups in total. The SMILES string of the molecule is Cc1cnccc1CNc1nccnc1Cl. The third kappa shape index (κ3) is 2.46. The Morgan fingerprint density at radius 3 is 2.81 bits per heavy atom. The van der Waals surface area contributed by atoms with Gasteiger partial charge < -0.3 is 5.32 Å². The van der Waals surface area contributed by atoms with Gasteiger partial charge in [0.2, 0.25) is 0 Å². The summed E-state index contributed by atoms with van der Waals surface area (Å²) in [6.07, 6.45) is 6.76. The molecule has 2 heterocycles. The number of nitrogens with zero attached hydrogens (tertiary/aromatic N) is 3. The van der Waals surface area contributed by atoms with Gasteiger partial charge in [-0.3, -0.25) is 4.98 Å². The molecular formula is C11H11ClN4. The van der Waals surface area contributed by atoms with Crippen molar-refractivity contribution in [1.82, 2.24) is 15.0 Å². The summed E-state index contributed by atoms with van der Waals surface area (Å²) in [5, 5.41) is 3.52. The summed E-state index contributed by atoms with van der Waals surface area (Å²) in [6.45, 7) is 2.68. The van der Waals surface area contributed by atoms with E-state index in [4.69, 9.17) is 11.6 Å². The number of hydrogen-bond acceptors (Lipinski definition) is 4. The quantitative estimate of drug-likeness (QED) is 0.886. The molecule has 0 bridgehead atoms. The van der Waals surface area contributed by atoms with E-state index < -0.39 is 0 Å². The molecule has 0 atom stereocenters. The number of hydrogen-bond donors (Lipinski definition) is 1. The van der Waals surface area contributed by atoms with Gasteiger partial charge >= 0.3 is 0 Å². The molecule has 5 heteroatoms. The second-order valence-electron chi connectivity index (χ2n) is 3.35. The summed E-state index contributed by atoms with van der Waals surface area (Å²) in [6, 6.07) is 1.96. The molecule has 0 spiro atoms. The number of nitrogens with one attached hydrogen (secondary N) is 1.